The summed E-state index contributed by atoms with van der Waals surface area (Å²) in [5.74, 6) is 2.12. The second-order valence-electron chi connectivity index (χ2n) is 10.3. The number of rotatable bonds is 12. The fourth-order valence-corrected chi connectivity index (χ4v) is 6.58. The lowest BCUT2D eigenvalue weighted by Gasteiger charge is -2.19. The maximum Gasteiger partial charge on any atom is 0.514 e. The Morgan fingerprint density at radius 1 is 0.822 bits per heavy atom. The molecule has 0 spiro atoms. The van der Waals surface area contributed by atoms with E-state index >= 15 is 0 Å². The van der Waals surface area contributed by atoms with E-state index in [1.54, 1.807) is 34.4 Å². The van der Waals surface area contributed by atoms with Crippen LogP contribution in [0.5, 0.6) is 23.0 Å². The lowest BCUT2D eigenvalue weighted by atomic mass is 10.0. The highest BCUT2D eigenvalue weighted by molar-refractivity contribution is 7.22. The number of nitrogens with zero attached hydrogens (tertiary/aromatic N) is 2. The predicted octanol–water partition coefficient (Wildman–Crippen LogP) is 6.97. The van der Waals surface area contributed by atoms with E-state index in [4.69, 9.17) is 23.7 Å². The van der Waals surface area contributed by atoms with Crippen LogP contribution in [0.3, 0.4) is 0 Å². The molecule has 0 radical (unpaired) electrons. The summed E-state index contributed by atoms with van der Waals surface area (Å²) in [6, 6.07) is 23.3. The van der Waals surface area contributed by atoms with Crippen molar-refractivity contribution in [3.8, 4) is 33.4 Å². The van der Waals surface area contributed by atoms with Gasteiger partial charge < -0.3 is 28.3 Å². The molecular weight excluding hydrogens is 592 g/mol. The zero-order chi connectivity index (χ0) is 31.9. The van der Waals surface area contributed by atoms with Crippen LogP contribution < -0.4 is 24.4 Å². The fraction of sp³-hybridized carbons (Fsp3) is 0.257. The molecular formula is C35H36N2O7S. The number of carbonyl (C=O) groups is 1. The minimum absolute atomic E-state index is 0.108. The second kappa shape index (κ2) is 14.3. The van der Waals surface area contributed by atoms with E-state index in [0.717, 1.165) is 43.5 Å². The minimum atomic E-state index is -0.932. The molecule has 0 bridgehead atoms. The van der Waals surface area contributed by atoms with Gasteiger partial charge in [0, 0.05) is 29.1 Å². The Labute approximate surface area is 266 Å². The molecule has 9 nitrogen and oxygen atoms in total. The van der Waals surface area contributed by atoms with Crippen molar-refractivity contribution < 1.29 is 28.5 Å². The highest BCUT2D eigenvalue weighted by Crippen LogP contribution is 2.40. The molecule has 234 valence electrons. The summed E-state index contributed by atoms with van der Waals surface area (Å²) in [4.78, 5) is 30.4. The topological polar surface area (TPSA) is 88.5 Å². The Kier molecular flexibility index (Phi) is 10.1. The zero-order valence-electron chi connectivity index (χ0n) is 26.0. The van der Waals surface area contributed by atoms with Crippen LogP contribution in [0.4, 0.5) is 4.79 Å². The molecule has 3 aromatic carbocycles. The van der Waals surface area contributed by atoms with Gasteiger partial charge in [-0.3, -0.25) is 9.69 Å². The summed E-state index contributed by atoms with van der Waals surface area (Å²) in [6.07, 6.45) is 0.642. The molecule has 45 heavy (non-hydrogen) atoms. The molecule has 0 unspecified atom stereocenters. The second-order valence-corrected chi connectivity index (χ2v) is 11.3. The number of para-hydroxylation sites is 2. The van der Waals surface area contributed by atoms with Crippen molar-refractivity contribution in [2.75, 3.05) is 35.0 Å². The van der Waals surface area contributed by atoms with Crippen molar-refractivity contribution in [3.05, 3.63) is 106 Å². The third kappa shape index (κ3) is 6.97. The first-order valence-corrected chi connectivity index (χ1v) is 15.3. The maximum absolute atomic E-state index is 14.2. The van der Waals surface area contributed by atoms with Gasteiger partial charge in [0.05, 0.1) is 46.1 Å². The number of methoxy groups -OCH3 is 3. The van der Waals surface area contributed by atoms with Gasteiger partial charge in [-0.1, -0.05) is 36.4 Å². The molecule has 0 N–H and O–H groups in total. The maximum atomic E-state index is 14.2. The molecule has 5 rings (SSSR count). The number of thiophene rings is 1. The van der Waals surface area contributed by atoms with Crippen LogP contribution >= 0.6 is 11.3 Å². The summed E-state index contributed by atoms with van der Waals surface area (Å²) in [6.45, 7) is 3.19. The number of ether oxygens (including phenoxy) is 5. The molecule has 0 amide bonds. The molecule has 5 aromatic rings. The molecule has 2 heterocycles. The van der Waals surface area contributed by atoms with Crippen LogP contribution in [0.15, 0.2) is 83.8 Å². The predicted molar refractivity (Wildman–Crippen MR) is 176 cm³/mol. The van der Waals surface area contributed by atoms with Gasteiger partial charge >= 0.3 is 6.16 Å². The monoisotopic (exact) mass is 628 g/mol. The van der Waals surface area contributed by atoms with Crippen LogP contribution in [-0.4, -0.2) is 50.6 Å². The third-order valence-electron chi connectivity index (χ3n) is 7.37. The molecule has 0 aliphatic heterocycles. The highest BCUT2D eigenvalue weighted by Gasteiger charge is 2.24. The van der Waals surface area contributed by atoms with Crippen molar-refractivity contribution in [3.63, 3.8) is 0 Å². The van der Waals surface area contributed by atoms with Crippen molar-refractivity contribution in [1.82, 2.24) is 9.47 Å². The molecule has 0 saturated heterocycles. The summed E-state index contributed by atoms with van der Waals surface area (Å²) in [5.41, 5.74) is 3.31. The van der Waals surface area contributed by atoms with E-state index in [-0.39, 0.29) is 17.8 Å². The SMILES string of the molecule is CCOC(=O)Oc1cn(Cc2ccccc2OC)c2sc(-c3ccc(OC)cc3)c(CN(C)Cc3ccccc3OC)c2c1=O. The number of carbonyl (C=O) groups excluding carboxylic acids is 1. The molecule has 0 fully saturated rings. The van der Waals surface area contributed by atoms with Gasteiger partial charge in [0.2, 0.25) is 5.43 Å². The van der Waals surface area contributed by atoms with Crippen molar-refractivity contribution in [2.45, 2.75) is 26.6 Å². The molecule has 0 saturated carbocycles. The van der Waals surface area contributed by atoms with E-state index in [0.29, 0.717) is 30.8 Å². The van der Waals surface area contributed by atoms with Gasteiger partial charge in [0.25, 0.3) is 0 Å². The summed E-state index contributed by atoms with van der Waals surface area (Å²) in [5, 5.41) is 0.481. The van der Waals surface area contributed by atoms with E-state index in [2.05, 4.69) is 4.90 Å². The fourth-order valence-electron chi connectivity index (χ4n) is 5.29. The standard InChI is InChI=1S/C35H36N2O7S/c1-6-43-35(39)44-30-22-37(20-25-12-8-10-14-29(25)42-5)34-31(32(30)38)27(33(45-34)23-15-17-26(40-3)18-16-23)21-36(2)19-24-11-7-9-13-28(24)41-4/h7-18,22H,6,19-21H2,1-5H3. The zero-order valence-corrected chi connectivity index (χ0v) is 26.8. The summed E-state index contributed by atoms with van der Waals surface area (Å²) >= 11 is 1.52. The lowest BCUT2D eigenvalue weighted by Crippen LogP contribution is -2.21. The van der Waals surface area contributed by atoms with Gasteiger partial charge in [-0.15, -0.1) is 11.3 Å². The number of aromatic nitrogens is 1. The van der Waals surface area contributed by atoms with Crippen LogP contribution in [0.1, 0.15) is 23.6 Å². The van der Waals surface area contributed by atoms with Crippen molar-refractivity contribution >= 4 is 27.7 Å². The molecule has 0 aliphatic rings. The van der Waals surface area contributed by atoms with Crippen molar-refractivity contribution in [1.29, 1.82) is 0 Å². The Morgan fingerprint density at radius 3 is 2.11 bits per heavy atom. The molecule has 2 aromatic heterocycles. The average molecular weight is 629 g/mol. The number of fused-ring (bicyclic) bond motifs is 1. The number of hydrogen-bond acceptors (Lipinski definition) is 9. The number of hydrogen-bond donors (Lipinski definition) is 0. The lowest BCUT2D eigenvalue weighted by molar-refractivity contribution is 0.104. The van der Waals surface area contributed by atoms with E-state index in [1.165, 1.54) is 11.3 Å². The first kappa shape index (κ1) is 31.6. The smallest absolute Gasteiger partial charge is 0.497 e. The Balaban J connectivity index is 1.71. The molecule has 10 heteroatoms. The summed E-state index contributed by atoms with van der Waals surface area (Å²) in [7, 11) is 6.91. The Morgan fingerprint density at radius 2 is 1.47 bits per heavy atom. The number of pyridine rings is 1. The third-order valence-corrected chi connectivity index (χ3v) is 8.69. The van der Waals surface area contributed by atoms with Crippen LogP contribution in [-0.2, 0) is 24.4 Å². The average Bonchev–Trinajstić information content (AvgIpc) is 3.43. The van der Waals surface area contributed by atoms with E-state index in [1.807, 2.05) is 84.4 Å². The van der Waals surface area contributed by atoms with Crippen LogP contribution in [0, 0.1) is 0 Å². The summed E-state index contributed by atoms with van der Waals surface area (Å²) < 4.78 is 29.1. The van der Waals surface area contributed by atoms with E-state index in [9.17, 15) is 9.59 Å². The number of benzene rings is 3. The Hall–Kier alpha value is -4.80. The van der Waals surface area contributed by atoms with Crippen LogP contribution in [0.2, 0.25) is 0 Å². The van der Waals surface area contributed by atoms with Gasteiger partial charge in [-0.2, -0.15) is 0 Å². The van der Waals surface area contributed by atoms with Gasteiger partial charge in [0.1, 0.15) is 22.1 Å². The molecule has 0 aliphatic carbocycles. The van der Waals surface area contributed by atoms with E-state index < -0.39 is 6.16 Å². The van der Waals surface area contributed by atoms with Gasteiger partial charge in [-0.05, 0) is 61.5 Å². The van der Waals surface area contributed by atoms with Gasteiger partial charge in [-0.25, -0.2) is 4.79 Å². The Bertz CT molecular complexity index is 1850. The minimum Gasteiger partial charge on any atom is -0.497 e. The van der Waals surface area contributed by atoms with Gasteiger partial charge in [0.15, 0.2) is 5.75 Å². The molecule has 0 atom stereocenters. The first-order chi connectivity index (χ1) is 21.9. The highest BCUT2D eigenvalue weighted by atomic mass is 32.1. The van der Waals surface area contributed by atoms with Crippen molar-refractivity contribution in [2.24, 2.45) is 0 Å². The quantitative estimate of drug-likeness (QED) is 0.137. The first-order valence-electron chi connectivity index (χ1n) is 14.5. The largest absolute Gasteiger partial charge is 0.514 e. The van der Waals surface area contributed by atoms with Crippen LogP contribution in [0.25, 0.3) is 20.7 Å². The normalized spacial score (nSPS) is 11.1.